The molecule has 5 nitrogen and oxygen atoms in total. The van der Waals surface area contributed by atoms with Crippen molar-refractivity contribution in [1.82, 2.24) is 15.2 Å². The molecule has 0 bridgehead atoms. The number of piperidine rings is 1. The van der Waals surface area contributed by atoms with Crippen LogP contribution in [-0.2, 0) is 12.8 Å². The summed E-state index contributed by atoms with van der Waals surface area (Å²) >= 11 is 5.40. The van der Waals surface area contributed by atoms with E-state index in [4.69, 9.17) is 22.9 Å². The Morgan fingerprint density at radius 2 is 1.89 bits per heavy atom. The molecule has 3 N–H and O–H groups in total. The number of nitrogens with one attached hydrogen (secondary N) is 1. The minimum absolute atomic E-state index is 0.384. The first-order valence-electron chi connectivity index (χ1n) is 9.64. The third-order valence-corrected chi connectivity index (χ3v) is 6.13. The molecule has 28 heavy (non-hydrogen) atoms. The number of carbonyl (C=O) groups excluding carboxylic acids is 1. The van der Waals surface area contributed by atoms with E-state index < -0.39 is 0 Å². The van der Waals surface area contributed by atoms with E-state index in [2.05, 4.69) is 16.3 Å². The van der Waals surface area contributed by atoms with Crippen LogP contribution in [0.2, 0.25) is 0 Å². The maximum absolute atomic E-state index is 11.7. The summed E-state index contributed by atoms with van der Waals surface area (Å²) in [5.74, 6) is -0.384. The van der Waals surface area contributed by atoms with E-state index in [1.165, 1.54) is 27.8 Å². The van der Waals surface area contributed by atoms with Gasteiger partial charge in [-0.1, -0.05) is 17.7 Å². The van der Waals surface area contributed by atoms with Gasteiger partial charge in [0.1, 0.15) is 0 Å². The molecule has 2 aromatic rings. The van der Waals surface area contributed by atoms with Crippen molar-refractivity contribution in [1.29, 1.82) is 0 Å². The molecule has 0 radical (unpaired) electrons. The van der Waals surface area contributed by atoms with Crippen LogP contribution >= 0.6 is 12.2 Å². The number of rotatable bonds is 1. The summed E-state index contributed by atoms with van der Waals surface area (Å²) in [5.41, 5.74) is 13.4. The Morgan fingerprint density at radius 1 is 1.14 bits per heavy atom. The highest BCUT2D eigenvalue weighted by Crippen LogP contribution is 2.37. The lowest BCUT2D eigenvalue weighted by atomic mass is 9.88. The molecule has 6 heteroatoms. The monoisotopic (exact) mass is 392 g/mol. The zero-order chi connectivity index (χ0) is 19.7. The highest BCUT2D eigenvalue weighted by atomic mass is 32.1. The minimum Gasteiger partial charge on any atom is -0.366 e. The Labute approximate surface area is 170 Å². The first kappa shape index (κ1) is 18.6. The first-order valence-corrected chi connectivity index (χ1v) is 10.1. The van der Waals surface area contributed by atoms with Gasteiger partial charge in [0, 0.05) is 37.5 Å². The van der Waals surface area contributed by atoms with Crippen molar-refractivity contribution in [2.75, 3.05) is 20.1 Å². The van der Waals surface area contributed by atoms with Crippen molar-refractivity contribution in [3.05, 3.63) is 70.0 Å². The van der Waals surface area contributed by atoms with Crippen LogP contribution in [-0.4, -0.2) is 41.0 Å². The van der Waals surface area contributed by atoms with E-state index in [0.29, 0.717) is 5.56 Å². The topological polar surface area (TPSA) is 71.2 Å². The number of aromatic nitrogens is 1. The number of hydrogen-bond acceptors (Lipinski definition) is 3. The summed E-state index contributed by atoms with van der Waals surface area (Å²) in [7, 11) is 1.87. The molecule has 1 aliphatic heterocycles. The summed E-state index contributed by atoms with van der Waals surface area (Å²) in [6, 6.07) is 10.00. The molecule has 4 rings (SSSR count). The van der Waals surface area contributed by atoms with Gasteiger partial charge in [-0.05, 0) is 72.8 Å². The summed E-state index contributed by atoms with van der Waals surface area (Å²) in [4.78, 5) is 18.7. The number of primary amides is 1. The maximum Gasteiger partial charge on any atom is 0.248 e. The molecule has 1 aromatic carbocycles. The number of pyridine rings is 1. The predicted octanol–water partition coefficient (Wildman–Crippen LogP) is 2.68. The fourth-order valence-corrected chi connectivity index (χ4v) is 4.39. The molecule has 1 saturated heterocycles. The molecule has 2 heterocycles. The predicted molar refractivity (Wildman–Crippen MR) is 115 cm³/mol. The molecule has 0 unspecified atom stereocenters. The van der Waals surface area contributed by atoms with Crippen LogP contribution in [0, 0.1) is 0 Å². The van der Waals surface area contributed by atoms with Crippen molar-refractivity contribution in [3.8, 4) is 0 Å². The van der Waals surface area contributed by atoms with Gasteiger partial charge in [0.05, 0.1) is 5.69 Å². The molecule has 2 aliphatic rings. The van der Waals surface area contributed by atoms with Crippen LogP contribution in [0.5, 0.6) is 0 Å². The average Bonchev–Trinajstić information content (AvgIpc) is 2.89. The largest absolute Gasteiger partial charge is 0.366 e. The molecule has 0 spiro atoms. The normalized spacial score (nSPS) is 16.1. The lowest BCUT2D eigenvalue weighted by Crippen LogP contribution is -2.41. The minimum atomic E-state index is -0.384. The number of nitrogens with two attached hydrogens (primary N) is 1. The first-order chi connectivity index (χ1) is 13.6. The number of fused-ring (bicyclic) bond motifs is 2. The molecule has 144 valence electrons. The second-order valence-corrected chi connectivity index (χ2v) is 7.65. The van der Waals surface area contributed by atoms with Crippen molar-refractivity contribution in [3.63, 3.8) is 0 Å². The number of benzene rings is 1. The highest BCUT2D eigenvalue weighted by Gasteiger charge is 2.25. The van der Waals surface area contributed by atoms with Gasteiger partial charge in [-0.2, -0.15) is 0 Å². The number of likely N-dealkylation sites (tertiary alicyclic amines) is 1. The van der Waals surface area contributed by atoms with Gasteiger partial charge in [-0.25, -0.2) is 0 Å². The van der Waals surface area contributed by atoms with Crippen molar-refractivity contribution in [2.45, 2.75) is 25.7 Å². The van der Waals surface area contributed by atoms with Gasteiger partial charge in [0.2, 0.25) is 5.91 Å². The Hall–Kier alpha value is -2.73. The third-order valence-electron chi connectivity index (χ3n) is 5.67. The Bertz CT molecular complexity index is 972. The molecular formula is C22H24N4OS. The van der Waals surface area contributed by atoms with Gasteiger partial charge >= 0.3 is 0 Å². The number of aryl methyl sites for hydroxylation is 2. The Kier molecular flexibility index (Phi) is 5.13. The van der Waals surface area contributed by atoms with E-state index in [9.17, 15) is 4.79 Å². The quantitative estimate of drug-likeness (QED) is 0.730. The maximum atomic E-state index is 11.7. The zero-order valence-corrected chi connectivity index (χ0v) is 16.8. The van der Waals surface area contributed by atoms with E-state index >= 15 is 0 Å². The second kappa shape index (κ2) is 7.72. The van der Waals surface area contributed by atoms with Crippen LogP contribution < -0.4 is 11.1 Å². The zero-order valence-electron chi connectivity index (χ0n) is 16.0. The fraction of sp³-hybridized carbons (Fsp3) is 0.318. The molecular weight excluding hydrogens is 368 g/mol. The second-order valence-electron chi connectivity index (χ2n) is 7.27. The molecule has 1 fully saturated rings. The SMILES string of the molecule is CNC(=S)N1CCC(=C2c3ccc(C(N)=O)cc3CCc3cccnc32)CC1. The Balaban J connectivity index is 1.82. The summed E-state index contributed by atoms with van der Waals surface area (Å²) < 4.78 is 0. The molecule has 1 aliphatic carbocycles. The standard InChI is InChI=1S/C22H24N4OS/c1-24-22(28)26-11-8-14(9-12-26)19-18-7-6-17(21(23)27)13-16(18)5-4-15-3-2-10-25-20(15)19/h2-3,6-7,10,13H,4-5,8-9,11-12H2,1H3,(H2,23,27)(H,24,28). The fourth-order valence-electron chi connectivity index (χ4n) is 4.21. The number of thiocarbonyl (C=S) groups is 1. The van der Waals surface area contributed by atoms with Gasteiger partial charge in [0.15, 0.2) is 5.11 Å². The molecule has 0 atom stereocenters. The third kappa shape index (κ3) is 3.40. The van der Waals surface area contributed by atoms with Crippen LogP contribution in [0.25, 0.3) is 5.57 Å². The average molecular weight is 393 g/mol. The number of hydrogen-bond donors (Lipinski definition) is 2. The highest BCUT2D eigenvalue weighted by molar-refractivity contribution is 7.80. The van der Waals surface area contributed by atoms with Crippen LogP contribution in [0.3, 0.4) is 0 Å². The Morgan fingerprint density at radius 3 is 2.61 bits per heavy atom. The van der Waals surface area contributed by atoms with Crippen molar-refractivity contribution >= 4 is 28.8 Å². The lowest BCUT2D eigenvalue weighted by Gasteiger charge is -2.31. The molecule has 0 saturated carbocycles. The van der Waals surface area contributed by atoms with Crippen LogP contribution in [0.15, 0.2) is 42.1 Å². The van der Waals surface area contributed by atoms with Gasteiger partial charge in [-0.15, -0.1) is 0 Å². The van der Waals surface area contributed by atoms with Gasteiger partial charge in [-0.3, -0.25) is 9.78 Å². The van der Waals surface area contributed by atoms with E-state index in [0.717, 1.165) is 49.6 Å². The van der Waals surface area contributed by atoms with E-state index in [-0.39, 0.29) is 5.91 Å². The smallest absolute Gasteiger partial charge is 0.248 e. The number of amides is 1. The van der Waals surface area contributed by atoms with Crippen molar-refractivity contribution in [2.24, 2.45) is 5.73 Å². The van der Waals surface area contributed by atoms with Gasteiger partial charge in [0.25, 0.3) is 0 Å². The van der Waals surface area contributed by atoms with E-state index in [1.807, 2.05) is 37.5 Å². The van der Waals surface area contributed by atoms with Crippen LogP contribution in [0.4, 0.5) is 0 Å². The van der Waals surface area contributed by atoms with Gasteiger partial charge < -0.3 is 16.0 Å². The summed E-state index contributed by atoms with van der Waals surface area (Å²) in [6.07, 6.45) is 5.55. The number of nitrogens with zero attached hydrogens (tertiary/aromatic N) is 2. The summed E-state index contributed by atoms with van der Waals surface area (Å²) in [5, 5.41) is 3.87. The summed E-state index contributed by atoms with van der Waals surface area (Å²) in [6.45, 7) is 1.80. The van der Waals surface area contributed by atoms with Crippen molar-refractivity contribution < 1.29 is 4.79 Å². The number of carbonyl (C=O) groups is 1. The van der Waals surface area contributed by atoms with Crippen LogP contribution in [0.1, 0.15) is 45.6 Å². The lowest BCUT2D eigenvalue weighted by molar-refractivity contribution is 0.1000. The molecule has 1 amide bonds. The molecule has 1 aromatic heterocycles. The van der Waals surface area contributed by atoms with E-state index in [1.54, 1.807) is 0 Å².